The second kappa shape index (κ2) is 3.66. The van der Waals surface area contributed by atoms with Crippen molar-refractivity contribution in [2.24, 2.45) is 5.92 Å². The molecule has 3 atom stereocenters. The summed E-state index contributed by atoms with van der Waals surface area (Å²) in [6.07, 6.45) is 1.96. The van der Waals surface area contributed by atoms with E-state index in [-0.39, 0.29) is 5.60 Å². The predicted octanol–water partition coefficient (Wildman–Crippen LogP) is 2.05. The van der Waals surface area contributed by atoms with Gasteiger partial charge in [-0.05, 0) is 25.7 Å². The number of carbonyl (C=O) groups is 1. The van der Waals surface area contributed by atoms with E-state index in [2.05, 4.69) is 13.8 Å². The number of carboxylic acid groups (broad SMARTS) is 1. The maximum atomic E-state index is 10.7. The average Bonchev–Trinajstić information content (AvgIpc) is 2.48. The third-order valence-electron chi connectivity index (χ3n) is 3.24. The third-order valence-corrected chi connectivity index (χ3v) is 3.24. The van der Waals surface area contributed by atoms with E-state index < -0.39 is 12.1 Å². The fraction of sp³-hybridized carbons (Fsp3) is 0.900. The fourth-order valence-electron chi connectivity index (χ4n) is 1.83. The first-order valence-electron chi connectivity index (χ1n) is 4.90. The highest BCUT2D eigenvalue weighted by atomic mass is 16.5. The molecular weight excluding hydrogens is 168 g/mol. The molecule has 1 heterocycles. The first kappa shape index (κ1) is 10.5. The van der Waals surface area contributed by atoms with Gasteiger partial charge in [-0.25, -0.2) is 4.79 Å². The first-order chi connectivity index (χ1) is 5.99. The van der Waals surface area contributed by atoms with E-state index >= 15 is 0 Å². The minimum absolute atomic E-state index is 0.224. The van der Waals surface area contributed by atoms with Crippen molar-refractivity contribution in [3.8, 4) is 0 Å². The summed E-state index contributed by atoms with van der Waals surface area (Å²) < 4.78 is 5.56. The van der Waals surface area contributed by atoms with E-state index in [1.807, 2.05) is 6.92 Å². The maximum Gasteiger partial charge on any atom is 0.332 e. The van der Waals surface area contributed by atoms with E-state index in [0.29, 0.717) is 12.3 Å². The van der Waals surface area contributed by atoms with Gasteiger partial charge >= 0.3 is 5.97 Å². The molecule has 1 fully saturated rings. The van der Waals surface area contributed by atoms with Crippen LogP contribution in [0.25, 0.3) is 0 Å². The lowest BCUT2D eigenvalue weighted by molar-refractivity contribution is -0.156. The molecule has 13 heavy (non-hydrogen) atoms. The topological polar surface area (TPSA) is 46.5 Å². The van der Waals surface area contributed by atoms with Crippen LogP contribution in [0.15, 0.2) is 0 Å². The number of aliphatic carboxylic acids is 1. The van der Waals surface area contributed by atoms with Crippen LogP contribution in [-0.2, 0) is 9.53 Å². The van der Waals surface area contributed by atoms with Gasteiger partial charge in [0.25, 0.3) is 0 Å². The number of ether oxygens (including phenoxy) is 1. The van der Waals surface area contributed by atoms with Gasteiger partial charge in [-0.15, -0.1) is 0 Å². The molecule has 76 valence electrons. The second-order valence-corrected chi connectivity index (χ2v) is 4.11. The fourth-order valence-corrected chi connectivity index (χ4v) is 1.83. The smallest absolute Gasteiger partial charge is 0.332 e. The highest BCUT2D eigenvalue weighted by molar-refractivity contribution is 5.72. The van der Waals surface area contributed by atoms with Gasteiger partial charge in [-0.2, -0.15) is 0 Å². The van der Waals surface area contributed by atoms with Gasteiger partial charge in [0.15, 0.2) is 6.10 Å². The Labute approximate surface area is 79.1 Å². The van der Waals surface area contributed by atoms with Gasteiger partial charge in [0.05, 0.1) is 5.60 Å². The normalized spacial score (nSPS) is 36.1. The van der Waals surface area contributed by atoms with Crippen molar-refractivity contribution in [3.63, 3.8) is 0 Å². The standard InChI is InChI=1S/C10H18O3/c1-4-7(2)10(3)6-5-8(13-10)9(11)12/h7-8H,4-6H2,1-3H3,(H,11,12). The van der Waals surface area contributed by atoms with Crippen molar-refractivity contribution in [2.45, 2.75) is 51.7 Å². The van der Waals surface area contributed by atoms with Crippen LogP contribution in [0.2, 0.25) is 0 Å². The lowest BCUT2D eigenvalue weighted by Gasteiger charge is -2.30. The van der Waals surface area contributed by atoms with E-state index in [9.17, 15) is 4.79 Å². The molecule has 0 aromatic heterocycles. The minimum Gasteiger partial charge on any atom is -0.479 e. The molecule has 3 heteroatoms. The number of hydrogen-bond donors (Lipinski definition) is 1. The summed E-state index contributed by atoms with van der Waals surface area (Å²) in [6, 6.07) is 0. The molecule has 3 unspecified atom stereocenters. The summed E-state index contributed by atoms with van der Waals surface area (Å²) in [5.41, 5.74) is -0.224. The lowest BCUT2D eigenvalue weighted by Crippen LogP contribution is -2.34. The molecule has 0 aromatic rings. The molecule has 1 rings (SSSR count). The van der Waals surface area contributed by atoms with Crippen LogP contribution in [0.5, 0.6) is 0 Å². The Bertz CT molecular complexity index is 202. The van der Waals surface area contributed by atoms with Crippen molar-refractivity contribution < 1.29 is 14.6 Å². The molecular formula is C10H18O3. The third kappa shape index (κ3) is 2.02. The van der Waals surface area contributed by atoms with E-state index in [0.717, 1.165) is 12.8 Å². The Morgan fingerprint density at radius 2 is 2.38 bits per heavy atom. The largest absolute Gasteiger partial charge is 0.479 e. The molecule has 0 radical (unpaired) electrons. The summed E-state index contributed by atoms with van der Waals surface area (Å²) in [5, 5.41) is 8.77. The summed E-state index contributed by atoms with van der Waals surface area (Å²) in [5.74, 6) is -0.399. The molecule has 1 aliphatic rings. The molecule has 1 saturated heterocycles. The number of hydrogen-bond acceptors (Lipinski definition) is 2. The van der Waals surface area contributed by atoms with Crippen LogP contribution >= 0.6 is 0 Å². The maximum absolute atomic E-state index is 10.7. The molecule has 0 amide bonds. The van der Waals surface area contributed by atoms with E-state index in [1.165, 1.54) is 0 Å². The highest BCUT2D eigenvalue weighted by Crippen LogP contribution is 2.37. The molecule has 1 N–H and O–H groups in total. The molecule has 0 bridgehead atoms. The highest BCUT2D eigenvalue weighted by Gasteiger charge is 2.42. The van der Waals surface area contributed by atoms with E-state index in [1.54, 1.807) is 0 Å². The Hall–Kier alpha value is -0.570. The Morgan fingerprint density at radius 1 is 1.77 bits per heavy atom. The zero-order valence-corrected chi connectivity index (χ0v) is 8.54. The monoisotopic (exact) mass is 186 g/mol. The van der Waals surface area contributed by atoms with Crippen LogP contribution in [-0.4, -0.2) is 22.8 Å². The van der Waals surface area contributed by atoms with Crippen LogP contribution < -0.4 is 0 Å². The summed E-state index contributed by atoms with van der Waals surface area (Å²) in [6.45, 7) is 6.24. The van der Waals surface area contributed by atoms with Gasteiger partial charge in [0.1, 0.15) is 0 Å². The summed E-state index contributed by atoms with van der Waals surface area (Å²) in [4.78, 5) is 10.7. The predicted molar refractivity (Wildman–Crippen MR) is 49.6 cm³/mol. The molecule has 0 spiro atoms. The van der Waals surface area contributed by atoms with Gasteiger partial charge < -0.3 is 9.84 Å². The van der Waals surface area contributed by atoms with E-state index in [4.69, 9.17) is 9.84 Å². The second-order valence-electron chi connectivity index (χ2n) is 4.11. The molecule has 3 nitrogen and oxygen atoms in total. The first-order valence-corrected chi connectivity index (χ1v) is 4.90. The van der Waals surface area contributed by atoms with Gasteiger partial charge in [-0.1, -0.05) is 20.3 Å². The zero-order valence-electron chi connectivity index (χ0n) is 8.54. The zero-order chi connectivity index (χ0) is 10.1. The minimum atomic E-state index is -0.827. The van der Waals surface area contributed by atoms with Crippen LogP contribution in [0.3, 0.4) is 0 Å². The SMILES string of the molecule is CCC(C)C1(C)CCC(C(=O)O)O1. The molecule has 0 saturated carbocycles. The van der Waals surface area contributed by atoms with Gasteiger partial charge in [0, 0.05) is 0 Å². The van der Waals surface area contributed by atoms with Crippen LogP contribution in [0, 0.1) is 5.92 Å². The van der Waals surface area contributed by atoms with Crippen molar-refractivity contribution in [1.29, 1.82) is 0 Å². The van der Waals surface area contributed by atoms with Crippen molar-refractivity contribution in [2.75, 3.05) is 0 Å². The summed E-state index contributed by atoms with van der Waals surface area (Å²) in [7, 11) is 0. The van der Waals surface area contributed by atoms with Crippen LogP contribution in [0.4, 0.5) is 0 Å². The summed E-state index contributed by atoms with van der Waals surface area (Å²) >= 11 is 0. The Kier molecular flexibility index (Phi) is 2.96. The lowest BCUT2D eigenvalue weighted by atomic mass is 9.86. The Morgan fingerprint density at radius 3 is 2.77 bits per heavy atom. The molecule has 0 aliphatic carbocycles. The number of carboxylic acids is 1. The molecule has 1 aliphatic heterocycles. The quantitative estimate of drug-likeness (QED) is 0.733. The van der Waals surface area contributed by atoms with Crippen molar-refractivity contribution >= 4 is 5.97 Å². The van der Waals surface area contributed by atoms with Gasteiger partial charge in [-0.3, -0.25) is 0 Å². The van der Waals surface area contributed by atoms with Crippen molar-refractivity contribution in [1.82, 2.24) is 0 Å². The average molecular weight is 186 g/mol. The Balaban J connectivity index is 2.60. The van der Waals surface area contributed by atoms with Gasteiger partial charge in [0.2, 0.25) is 0 Å². The molecule has 0 aromatic carbocycles. The van der Waals surface area contributed by atoms with Crippen LogP contribution in [0.1, 0.15) is 40.0 Å². The van der Waals surface area contributed by atoms with Crippen molar-refractivity contribution in [3.05, 3.63) is 0 Å². The number of rotatable bonds is 3.